The number of carbonyl (C=O) groups is 1. The number of aryl methyl sites for hydroxylation is 1. The van der Waals surface area contributed by atoms with Gasteiger partial charge < -0.3 is 5.32 Å². The van der Waals surface area contributed by atoms with Gasteiger partial charge in [0.2, 0.25) is 0 Å². The number of nitrogens with zero attached hydrogens (tertiary/aromatic N) is 2. The maximum absolute atomic E-state index is 13.4. The van der Waals surface area contributed by atoms with Gasteiger partial charge in [-0.15, -0.1) is 0 Å². The van der Waals surface area contributed by atoms with Crippen molar-refractivity contribution in [2.75, 3.05) is 30.5 Å². The molecular formula is C23H30ClN3O3S. The van der Waals surface area contributed by atoms with Crippen LogP contribution in [0.15, 0.2) is 47.4 Å². The Morgan fingerprint density at radius 3 is 2.61 bits per heavy atom. The van der Waals surface area contributed by atoms with Crippen molar-refractivity contribution in [1.29, 1.82) is 0 Å². The van der Waals surface area contributed by atoms with Crippen LogP contribution in [0.4, 0.5) is 5.69 Å². The van der Waals surface area contributed by atoms with Gasteiger partial charge in [-0.3, -0.25) is 14.0 Å². The van der Waals surface area contributed by atoms with Gasteiger partial charge in [0, 0.05) is 19.1 Å². The standard InChI is InChI=1S/C23H30ClN3O3S/c1-4-26(5-2)17(3)16-25-23(28)20-15-19(12-13-21(20)24)31(29,30)27-14-8-10-18-9-6-7-11-22(18)27/h6-7,9,11-13,15,17H,4-5,8,10,14,16H2,1-3H3,(H,25,28). The molecule has 0 saturated carbocycles. The number of nitrogens with one attached hydrogen (secondary N) is 1. The molecule has 168 valence electrons. The number of carbonyl (C=O) groups excluding carboxylic acids is 1. The summed E-state index contributed by atoms with van der Waals surface area (Å²) in [4.78, 5) is 15.1. The van der Waals surface area contributed by atoms with Crippen molar-refractivity contribution in [1.82, 2.24) is 10.2 Å². The highest BCUT2D eigenvalue weighted by Crippen LogP contribution is 2.32. The van der Waals surface area contributed by atoms with E-state index in [1.165, 1.54) is 22.5 Å². The van der Waals surface area contributed by atoms with Crippen LogP contribution >= 0.6 is 11.6 Å². The van der Waals surface area contributed by atoms with E-state index in [-0.39, 0.29) is 27.4 Å². The van der Waals surface area contributed by atoms with Gasteiger partial charge in [-0.05, 0) is 62.7 Å². The zero-order chi connectivity index (χ0) is 22.6. The lowest BCUT2D eigenvalue weighted by Gasteiger charge is -2.30. The SMILES string of the molecule is CCN(CC)C(C)CNC(=O)c1cc(S(=O)(=O)N2CCCc3ccccc32)ccc1Cl. The second kappa shape index (κ2) is 10.0. The molecule has 1 N–H and O–H groups in total. The minimum atomic E-state index is -3.81. The Labute approximate surface area is 190 Å². The quantitative estimate of drug-likeness (QED) is 0.643. The molecule has 1 aliphatic heterocycles. The van der Waals surface area contributed by atoms with E-state index < -0.39 is 10.0 Å². The first kappa shape index (κ1) is 23.6. The number of halogens is 1. The predicted octanol–water partition coefficient (Wildman–Crippen LogP) is 3.94. The van der Waals surface area contributed by atoms with Gasteiger partial charge in [0.05, 0.1) is 21.2 Å². The van der Waals surface area contributed by atoms with Crippen molar-refractivity contribution in [3.63, 3.8) is 0 Å². The number of benzene rings is 2. The van der Waals surface area contributed by atoms with E-state index in [2.05, 4.69) is 24.1 Å². The van der Waals surface area contributed by atoms with Crippen LogP contribution in [0.5, 0.6) is 0 Å². The molecule has 6 nitrogen and oxygen atoms in total. The Morgan fingerprint density at radius 2 is 1.90 bits per heavy atom. The molecule has 8 heteroatoms. The van der Waals surface area contributed by atoms with Crippen molar-refractivity contribution in [3.05, 3.63) is 58.6 Å². The van der Waals surface area contributed by atoms with Gasteiger partial charge in [-0.1, -0.05) is 43.6 Å². The van der Waals surface area contributed by atoms with Crippen LogP contribution in [0, 0.1) is 0 Å². The van der Waals surface area contributed by atoms with Gasteiger partial charge in [0.25, 0.3) is 15.9 Å². The van der Waals surface area contributed by atoms with E-state index in [1.807, 2.05) is 31.2 Å². The van der Waals surface area contributed by atoms with Crippen molar-refractivity contribution in [2.24, 2.45) is 0 Å². The largest absolute Gasteiger partial charge is 0.350 e. The molecule has 0 aliphatic carbocycles. The first-order valence-corrected chi connectivity index (χ1v) is 12.5. The third-order valence-corrected chi connectivity index (χ3v) is 7.97. The molecule has 2 aromatic rings. The number of anilines is 1. The van der Waals surface area contributed by atoms with E-state index >= 15 is 0 Å². The molecule has 0 bridgehead atoms. The summed E-state index contributed by atoms with van der Waals surface area (Å²) in [7, 11) is -3.81. The van der Waals surface area contributed by atoms with Gasteiger partial charge in [-0.25, -0.2) is 8.42 Å². The zero-order valence-corrected chi connectivity index (χ0v) is 19.8. The Kier molecular flexibility index (Phi) is 7.62. The number of hydrogen-bond donors (Lipinski definition) is 1. The van der Waals surface area contributed by atoms with Crippen LogP contribution in [0.25, 0.3) is 0 Å². The number of para-hydroxylation sites is 1. The second-order valence-electron chi connectivity index (χ2n) is 7.73. The molecule has 1 unspecified atom stereocenters. The molecule has 2 aromatic carbocycles. The molecule has 0 spiro atoms. The smallest absolute Gasteiger partial charge is 0.264 e. The van der Waals surface area contributed by atoms with E-state index in [9.17, 15) is 13.2 Å². The van der Waals surface area contributed by atoms with Gasteiger partial charge in [0.1, 0.15) is 0 Å². The molecule has 1 heterocycles. The number of amides is 1. The van der Waals surface area contributed by atoms with E-state index in [4.69, 9.17) is 11.6 Å². The van der Waals surface area contributed by atoms with Gasteiger partial charge in [-0.2, -0.15) is 0 Å². The molecular weight excluding hydrogens is 434 g/mol. The average molecular weight is 464 g/mol. The third-order valence-electron chi connectivity index (χ3n) is 5.83. The van der Waals surface area contributed by atoms with Crippen molar-refractivity contribution < 1.29 is 13.2 Å². The van der Waals surface area contributed by atoms with Crippen LogP contribution in [0.3, 0.4) is 0 Å². The predicted molar refractivity (Wildman–Crippen MR) is 125 cm³/mol. The normalized spacial score (nSPS) is 14.9. The minimum absolute atomic E-state index is 0.0653. The summed E-state index contributed by atoms with van der Waals surface area (Å²) in [6.45, 7) is 8.83. The summed E-state index contributed by atoms with van der Waals surface area (Å²) < 4.78 is 28.3. The van der Waals surface area contributed by atoms with Crippen LogP contribution in [0.1, 0.15) is 43.1 Å². The first-order chi connectivity index (χ1) is 14.8. The molecule has 0 fully saturated rings. The van der Waals surface area contributed by atoms with Crippen molar-refractivity contribution in [3.8, 4) is 0 Å². The molecule has 0 saturated heterocycles. The second-order valence-corrected chi connectivity index (χ2v) is 10.0. The summed E-state index contributed by atoms with van der Waals surface area (Å²) in [5.74, 6) is -0.375. The lowest BCUT2D eigenvalue weighted by Crippen LogP contribution is -2.42. The Hall–Kier alpha value is -2.09. The zero-order valence-electron chi connectivity index (χ0n) is 18.3. The summed E-state index contributed by atoms with van der Waals surface area (Å²) >= 11 is 6.26. The van der Waals surface area contributed by atoms with Gasteiger partial charge in [0.15, 0.2) is 0 Å². The van der Waals surface area contributed by atoms with Crippen molar-refractivity contribution in [2.45, 2.75) is 44.6 Å². The molecule has 0 aromatic heterocycles. The maximum Gasteiger partial charge on any atom is 0.264 e. The summed E-state index contributed by atoms with van der Waals surface area (Å²) in [6.07, 6.45) is 1.60. The molecule has 0 radical (unpaired) electrons. The summed E-state index contributed by atoms with van der Waals surface area (Å²) in [5.41, 5.74) is 1.87. The maximum atomic E-state index is 13.4. The fraction of sp³-hybridized carbons (Fsp3) is 0.435. The third kappa shape index (κ3) is 5.05. The van der Waals surface area contributed by atoms with Crippen molar-refractivity contribution >= 4 is 33.2 Å². The molecule has 1 amide bonds. The lowest BCUT2D eigenvalue weighted by atomic mass is 10.0. The molecule has 1 aliphatic rings. The number of likely N-dealkylation sites (N-methyl/N-ethyl adjacent to an activating group) is 1. The average Bonchev–Trinajstić information content (AvgIpc) is 2.78. The Morgan fingerprint density at radius 1 is 1.19 bits per heavy atom. The van der Waals surface area contributed by atoms with E-state index in [0.29, 0.717) is 18.8 Å². The van der Waals surface area contributed by atoms with Crippen LogP contribution in [0.2, 0.25) is 5.02 Å². The highest BCUT2D eigenvalue weighted by molar-refractivity contribution is 7.92. The number of sulfonamides is 1. The van der Waals surface area contributed by atoms with E-state index in [1.54, 1.807) is 0 Å². The Balaban J connectivity index is 1.85. The van der Waals surface area contributed by atoms with E-state index in [0.717, 1.165) is 31.5 Å². The number of fused-ring (bicyclic) bond motifs is 1. The Bertz CT molecular complexity index is 1040. The highest BCUT2D eigenvalue weighted by Gasteiger charge is 2.30. The minimum Gasteiger partial charge on any atom is -0.350 e. The van der Waals surface area contributed by atoms with Crippen LogP contribution in [-0.2, 0) is 16.4 Å². The fourth-order valence-electron chi connectivity index (χ4n) is 4.03. The lowest BCUT2D eigenvalue weighted by molar-refractivity contribution is 0.0938. The monoisotopic (exact) mass is 463 g/mol. The fourth-order valence-corrected chi connectivity index (χ4v) is 5.80. The first-order valence-electron chi connectivity index (χ1n) is 10.7. The van der Waals surface area contributed by atoms with Gasteiger partial charge >= 0.3 is 0 Å². The highest BCUT2D eigenvalue weighted by atomic mass is 35.5. The van der Waals surface area contributed by atoms with Crippen LogP contribution in [-0.4, -0.2) is 51.4 Å². The summed E-state index contributed by atoms with van der Waals surface area (Å²) in [5, 5.41) is 3.12. The molecule has 31 heavy (non-hydrogen) atoms. The molecule has 3 rings (SSSR count). The van der Waals surface area contributed by atoms with Crippen LogP contribution < -0.4 is 9.62 Å². The summed E-state index contributed by atoms with van der Waals surface area (Å²) in [6, 6.07) is 12.0. The molecule has 1 atom stereocenters. The number of rotatable bonds is 8. The number of hydrogen-bond acceptors (Lipinski definition) is 4. The topological polar surface area (TPSA) is 69.7 Å².